The standard InChI is InChI=1S/C20H32FN5O/c1-22-20(23-16-19-4-3-9-24(19)14-15-27-2)26-12-10-25(11-13-26)18-7-5-17(21)6-8-18/h5-8,19H,3-4,9-16H2,1-2H3,(H,22,23). The Hall–Kier alpha value is -1.86. The van der Waals surface area contributed by atoms with Gasteiger partial charge in [-0.15, -0.1) is 0 Å². The van der Waals surface area contributed by atoms with Crippen LogP contribution in [0.15, 0.2) is 29.3 Å². The average molecular weight is 378 g/mol. The van der Waals surface area contributed by atoms with Crippen LogP contribution in [0.25, 0.3) is 0 Å². The second kappa shape index (κ2) is 9.90. The van der Waals surface area contributed by atoms with E-state index in [0.29, 0.717) is 6.04 Å². The molecule has 1 atom stereocenters. The molecule has 0 aliphatic carbocycles. The summed E-state index contributed by atoms with van der Waals surface area (Å²) >= 11 is 0. The Kier molecular flexibility index (Phi) is 7.29. The highest BCUT2D eigenvalue weighted by molar-refractivity contribution is 5.80. The summed E-state index contributed by atoms with van der Waals surface area (Å²) in [5.74, 6) is 0.792. The van der Waals surface area contributed by atoms with Crippen LogP contribution in [0.1, 0.15) is 12.8 Å². The summed E-state index contributed by atoms with van der Waals surface area (Å²) in [6.45, 7) is 7.52. The molecule has 2 aliphatic heterocycles. The number of nitrogens with zero attached hydrogens (tertiary/aromatic N) is 4. The van der Waals surface area contributed by atoms with Crippen LogP contribution in [0, 0.1) is 5.82 Å². The number of piperazine rings is 1. The third kappa shape index (κ3) is 5.32. The van der Waals surface area contributed by atoms with E-state index >= 15 is 0 Å². The van der Waals surface area contributed by atoms with Crippen molar-refractivity contribution >= 4 is 11.6 Å². The Morgan fingerprint density at radius 3 is 2.59 bits per heavy atom. The summed E-state index contributed by atoms with van der Waals surface area (Å²) in [6.07, 6.45) is 2.48. The summed E-state index contributed by atoms with van der Waals surface area (Å²) in [4.78, 5) is 11.6. The van der Waals surface area contributed by atoms with Crippen molar-refractivity contribution in [2.75, 3.05) is 71.5 Å². The molecule has 2 saturated heterocycles. The molecule has 150 valence electrons. The zero-order valence-electron chi connectivity index (χ0n) is 16.5. The largest absolute Gasteiger partial charge is 0.383 e. The molecule has 7 heteroatoms. The molecule has 0 amide bonds. The number of anilines is 1. The first-order valence-corrected chi connectivity index (χ1v) is 9.90. The molecule has 1 aromatic rings. The molecule has 3 rings (SSSR count). The number of guanidine groups is 1. The lowest BCUT2D eigenvalue weighted by Gasteiger charge is -2.38. The molecule has 1 N–H and O–H groups in total. The SMILES string of the molecule is CN=C(NCC1CCCN1CCOC)N1CCN(c2ccc(F)cc2)CC1. The summed E-state index contributed by atoms with van der Waals surface area (Å²) in [7, 11) is 3.61. The Morgan fingerprint density at radius 1 is 1.19 bits per heavy atom. The lowest BCUT2D eigenvalue weighted by molar-refractivity contribution is 0.141. The number of likely N-dealkylation sites (tertiary alicyclic amines) is 1. The second-order valence-electron chi connectivity index (χ2n) is 7.20. The van der Waals surface area contributed by atoms with Gasteiger partial charge in [0.25, 0.3) is 0 Å². The Labute approximate surface area is 162 Å². The molecule has 6 nitrogen and oxygen atoms in total. The van der Waals surface area contributed by atoms with Crippen molar-refractivity contribution in [2.45, 2.75) is 18.9 Å². The summed E-state index contributed by atoms with van der Waals surface area (Å²) in [6, 6.07) is 7.31. The van der Waals surface area contributed by atoms with Crippen molar-refractivity contribution < 1.29 is 9.13 Å². The van der Waals surface area contributed by atoms with Gasteiger partial charge < -0.3 is 19.9 Å². The zero-order chi connectivity index (χ0) is 19.1. The third-order valence-electron chi connectivity index (χ3n) is 5.56. The molecule has 2 heterocycles. The molecule has 0 spiro atoms. The van der Waals surface area contributed by atoms with Crippen LogP contribution in [-0.4, -0.2) is 88.4 Å². The van der Waals surface area contributed by atoms with Crippen molar-refractivity contribution in [1.82, 2.24) is 15.1 Å². The molecular weight excluding hydrogens is 345 g/mol. The summed E-state index contributed by atoms with van der Waals surface area (Å²) in [5, 5.41) is 3.57. The van der Waals surface area contributed by atoms with Crippen LogP contribution < -0.4 is 10.2 Å². The van der Waals surface area contributed by atoms with Crippen LogP contribution in [0.4, 0.5) is 10.1 Å². The van der Waals surface area contributed by atoms with E-state index in [1.165, 1.54) is 25.0 Å². The summed E-state index contributed by atoms with van der Waals surface area (Å²) < 4.78 is 18.3. The number of ether oxygens (including phenoxy) is 1. The van der Waals surface area contributed by atoms with Crippen molar-refractivity contribution in [1.29, 1.82) is 0 Å². The third-order valence-corrected chi connectivity index (χ3v) is 5.56. The maximum absolute atomic E-state index is 13.1. The van der Waals surface area contributed by atoms with Gasteiger partial charge in [0.15, 0.2) is 5.96 Å². The van der Waals surface area contributed by atoms with E-state index in [9.17, 15) is 4.39 Å². The molecule has 0 saturated carbocycles. The first-order chi connectivity index (χ1) is 13.2. The Morgan fingerprint density at radius 2 is 1.93 bits per heavy atom. The molecule has 0 aromatic heterocycles. The minimum atomic E-state index is -0.187. The van der Waals surface area contributed by atoms with Crippen LogP contribution in [-0.2, 0) is 4.74 Å². The normalized spacial score (nSPS) is 21.7. The number of nitrogens with one attached hydrogen (secondary N) is 1. The highest BCUT2D eigenvalue weighted by atomic mass is 19.1. The van der Waals surface area contributed by atoms with Gasteiger partial charge in [0, 0.05) is 65.2 Å². The molecule has 1 aromatic carbocycles. The predicted octanol–water partition coefficient (Wildman–Crippen LogP) is 1.63. The number of hydrogen-bond donors (Lipinski definition) is 1. The van der Waals surface area contributed by atoms with Crippen molar-refractivity contribution in [3.8, 4) is 0 Å². The molecular formula is C20H32FN5O. The molecule has 2 aliphatic rings. The van der Waals surface area contributed by atoms with E-state index in [1.54, 1.807) is 7.11 Å². The first-order valence-electron chi connectivity index (χ1n) is 9.90. The lowest BCUT2D eigenvalue weighted by atomic mass is 10.2. The molecule has 0 bridgehead atoms. The number of hydrogen-bond acceptors (Lipinski definition) is 4. The van der Waals surface area contributed by atoms with E-state index in [1.807, 2.05) is 19.2 Å². The van der Waals surface area contributed by atoms with E-state index in [4.69, 9.17) is 4.74 Å². The van der Waals surface area contributed by atoms with E-state index in [2.05, 4.69) is 25.0 Å². The number of benzene rings is 1. The molecule has 27 heavy (non-hydrogen) atoms. The van der Waals surface area contributed by atoms with Gasteiger partial charge in [-0.05, 0) is 43.7 Å². The molecule has 1 unspecified atom stereocenters. The average Bonchev–Trinajstić information content (AvgIpc) is 3.15. The maximum Gasteiger partial charge on any atom is 0.193 e. The fourth-order valence-corrected chi connectivity index (χ4v) is 4.00. The van der Waals surface area contributed by atoms with Gasteiger partial charge in [-0.25, -0.2) is 4.39 Å². The van der Waals surface area contributed by atoms with Crippen LogP contribution in [0.2, 0.25) is 0 Å². The lowest BCUT2D eigenvalue weighted by Crippen LogP contribution is -2.54. The number of halogens is 1. The van der Waals surface area contributed by atoms with Gasteiger partial charge in [-0.2, -0.15) is 0 Å². The van der Waals surface area contributed by atoms with Crippen LogP contribution in [0.5, 0.6) is 0 Å². The van der Waals surface area contributed by atoms with Gasteiger partial charge in [0.2, 0.25) is 0 Å². The topological polar surface area (TPSA) is 43.3 Å². The smallest absolute Gasteiger partial charge is 0.193 e. The quantitative estimate of drug-likeness (QED) is 0.603. The first kappa shape index (κ1) is 19.9. The maximum atomic E-state index is 13.1. The van der Waals surface area contributed by atoms with Crippen molar-refractivity contribution in [2.24, 2.45) is 4.99 Å². The summed E-state index contributed by atoms with van der Waals surface area (Å²) in [5.41, 5.74) is 1.08. The van der Waals surface area contributed by atoms with Crippen molar-refractivity contribution in [3.63, 3.8) is 0 Å². The number of rotatable bonds is 6. The highest BCUT2D eigenvalue weighted by Crippen LogP contribution is 2.18. The fourth-order valence-electron chi connectivity index (χ4n) is 4.00. The van der Waals surface area contributed by atoms with Gasteiger partial charge in [-0.1, -0.05) is 0 Å². The molecule has 2 fully saturated rings. The number of methoxy groups -OCH3 is 1. The Bertz CT molecular complexity index is 601. The molecule has 0 radical (unpaired) electrons. The second-order valence-corrected chi connectivity index (χ2v) is 7.20. The minimum Gasteiger partial charge on any atom is -0.383 e. The van der Waals surface area contributed by atoms with E-state index < -0.39 is 0 Å². The minimum absolute atomic E-state index is 0.187. The zero-order valence-corrected chi connectivity index (χ0v) is 16.5. The van der Waals surface area contributed by atoms with Gasteiger partial charge in [0.05, 0.1) is 6.61 Å². The monoisotopic (exact) mass is 377 g/mol. The van der Waals surface area contributed by atoms with Crippen molar-refractivity contribution in [3.05, 3.63) is 30.1 Å². The predicted molar refractivity (Wildman–Crippen MR) is 108 cm³/mol. The Balaban J connectivity index is 1.47. The number of aliphatic imine (C=N–C) groups is 1. The van der Waals surface area contributed by atoms with E-state index in [0.717, 1.165) is 64.1 Å². The van der Waals surface area contributed by atoms with Gasteiger partial charge in [-0.3, -0.25) is 9.89 Å². The van der Waals surface area contributed by atoms with Gasteiger partial charge >= 0.3 is 0 Å². The van der Waals surface area contributed by atoms with Gasteiger partial charge in [0.1, 0.15) is 5.82 Å². The fraction of sp³-hybridized carbons (Fsp3) is 0.650. The van der Waals surface area contributed by atoms with E-state index in [-0.39, 0.29) is 5.82 Å². The van der Waals surface area contributed by atoms with Crippen LogP contribution in [0.3, 0.4) is 0 Å². The van der Waals surface area contributed by atoms with Crippen LogP contribution >= 0.6 is 0 Å². The highest BCUT2D eigenvalue weighted by Gasteiger charge is 2.25.